The molecule has 0 saturated heterocycles. The summed E-state index contributed by atoms with van der Waals surface area (Å²) in [6, 6.07) is 1.88. The molecule has 1 rings (SSSR count). The lowest BCUT2D eigenvalue weighted by atomic mass is 9.96. The quantitative estimate of drug-likeness (QED) is 0.574. The van der Waals surface area contributed by atoms with E-state index in [9.17, 15) is 4.79 Å². The van der Waals surface area contributed by atoms with Gasteiger partial charge in [-0.25, -0.2) is 4.79 Å². The number of carbonyl (C=O) groups excluding carboxylic acids is 1. The maximum atomic E-state index is 10.5. The number of aliphatic imine (C=N–C) groups is 1. The number of nitrogens with zero attached hydrogens (tertiary/aromatic N) is 2. The van der Waals surface area contributed by atoms with Gasteiger partial charge in [-0.3, -0.25) is 4.98 Å². The van der Waals surface area contributed by atoms with Crippen LogP contribution in [0, 0.1) is 6.92 Å². The molecule has 3 nitrogen and oxygen atoms in total. The van der Waals surface area contributed by atoms with Crippen molar-refractivity contribution in [2.75, 3.05) is 0 Å². The van der Waals surface area contributed by atoms with Crippen molar-refractivity contribution in [2.45, 2.75) is 39.5 Å². The predicted molar refractivity (Wildman–Crippen MR) is 64.7 cm³/mol. The van der Waals surface area contributed by atoms with Crippen molar-refractivity contribution in [3.05, 3.63) is 29.9 Å². The third-order valence-corrected chi connectivity index (χ3v) is 2.43. The molecule has 0 bridgehead atoms. The average molecular weight is 217 g/mol. The summed E-state index contributed by atoms with van der Waals surface area (Å²) in [4.78, 5) is 18.6. The van der Waals surface area contributed by atoms with Crippen LogP contribution in [0.4, 0.5) is 5.69 Å². The molecule has 0 saturated carbocycles. The minimum absolute atomic E-state index is 0.214. The van der Waals surface area contributed by atoms with Crippen molar-refractivity contribution in [2.24, 2.45) is 4.99 Å². The third-order valence-electron chi connectivity index (χ3n) is 2.43. The summed E-state index contributed by atoms with van der Waals surface area (Å²) < 4.78 is 0. The fourth-order valence-electron chi connectivity index (χ4n) is 1.65. The van der Waals surface area contributed by atoms with Crippen molar-refractivity contribution < 1.29 is 4.79 Å². The second-order valence-corrected chi connectivity index (χ2v) is 4.45. The molecule has 0 fully saturated rings. The molecule has 1 heterocycles. The fourth-order valence-corrected chi connectivity index (χ4v) is 1.65. The van der Waals surface area contributed by atoms with Gasteiger partial charge in [0.25, 0.3) is 0 Å². The molecule has 0 aliphatic carbocycles. The molecule has 0 atom stereocenters. The van der Waals surface area contributed by atoms with E-state index in [1.807, 2.05) is 19.9 Å². The smallest absolute Gasteiger partial charge is 0.240 e. The first-order chi connectivity index (χ1) is 7.47. The predicted octanol–water partition coefficient (Wildman–Crippen LogP) is 3.48. The molecule has 0 N–H and O–H groups in total. The van der Waals surface area contributed by atoms with Gasteiger partial charge in [0.2, 0.25) is 6.08 Å². The Hall–Kier alpha value is -1.47. The highest BCUT2D eigenvalue weighted by atomic mass is 16.1. The maximum Gasteiger partial charge on any atom is 0.240 e. The lowest BCUT2D eigenvalue weighted by Gasteiger charge is -2.15. The summed E-state index contributed by atoms with van der Waals surface area (Å²) in [6.45, 7) is 12.0. The van der Waals surface area contributed by atoms with Crippen LogP contribution in [0.15, 0.2) is 11.1 Å². The van der Waals surface area contributed by atoms with Crippen molar-refractivity contribution in [3.8, 4) is 0 Å². The SMILES string of the molecule is [CH2]c1cc(C(C)C)c(N=C=O)c(C(C)C)n1. The van der Waals surface area contributed by atoms with Crippen molar-refractivity contribution in [1.29, 1.82) is 0 Å². The number of pyridine rings is 1. The second kappa shape index (κ2) is 5.04. The molecule has 0 amide bonds. The van der Waals surface area contributed by atoms with E-state index >= 15 is 0 Å². The van der Waals surface area contributed by atoms with E-state index in [0.29, 0.717) is 5.69 Å². The van der Waals surface area contributed by atoms with Crippen LogP contribution >= 0.6 is 0 Å². The lowest BCUT2D eigenvalue weighted by molar-refractivity contribution is 0.565. The van der Waals surface area contributed by atoms with Crippen LogP contribution in [0.3, 0.4) is 0 Å². The Kier molecular flexibility index (Phi) is 3.97. The molecule has 1 aromatic heterocycles. The van der Waals surface area contributed by atoms with Crippen LogP contribution < -0.4 is 0 Å². The van der Waals surface area contributed by atoms with Crippen LogP contribution in [-0.2, 0) is 4.79 Å². The highest BCUT2D eigenvalue weighted by molar-refractivity contribution is 5.59. The normalized spacial score (nSPS) is 10.7. The van der Waals surface area contributed by atoms with Crippen LogP contribution in [0.5, 0.6) is 0 Å². The van der Waals surface area contributed by atoms with E-state index in [2.05, 4.69) is 30.7 Å². The van der Waals surface area contributed by atoms with Gasteiger partial charge in [-0.2, -0.15) is 4.99 Å². The van der Waals surface area contributed by atoms with Crippen LogP contribution in [0.2, 0.25) is 0 Å². The van der Waals surface area contributed by atoms with E-state index in [1.165, 1.54) is 0 Å². The summed E-state index contributed by atoms with van der Waals surface area (Å²) in [5.74, 6) is 0.499. The van der Waals surface area contributed by atoms with E-state index in [4.69, 9.17) is 0 Å². The largest absolute Gasteiger partial charge is 0.255 e. The highest BCUT2D eigenvalue weighted by Gasteiger charge is 2.15. The zero-order valence-corrected chi connectivity index (χ0v) is 10.2. The number of hydrogen-bond donors (Lipinski definition) is 0. The molecule has 0 spiro atoms. The number of isocyanates is 1. The zero-order valence-electron chi connectivity index (χ0n) is 10.2. The standard InChI is InChI=1S/C13H17N2O/c1-8(2)11-6-10(5)15-12(9(3)4)13(11)14-7-16/h6,8-9H,5H2,1-4H3. The summed E-state index contributed by atoms with van der Waals surface area (Å²) in [6.07, 6.45) is 1.61. The van der Waals surface area contributed by atoms with Crippen molar-refractivity contribution in [3.63, 3.8) is 0 Å². The Labute approximate surface area is 96.6 Å². The minimum atomic E-state index is 0.214. The molecule has 0 unspecified atom stereocenters. The van der Waals surface area contributed by atoms with E-state index in [1.54, 1.807) is 6.08 Å². The van der Waals surface area contributed by atoms with Gasteiger partial charge in [-0.05, 0) is 30.4 Å². The molecular weight excluding hydrogens is 200 g/mol. The molecule has 0 aliphatic heterocycles. The van der Waals surface area contributed by atoms with Crippen LogP contribution in [0.25, 0.3) is 0 Å². The molecule has 1 aromatic rings. The molecule has 3 heteroatoms. The van der Waals surface area contributed by atoms with Gasteiger partial charge in [-0.15, -0.1) is 0 Å². The van der Waals surface area contributed by atoms with Gasteiger partial charge in [0.15, 0.2) is 0 Å². The first kappa shape index (κ1) is 12.6. The molecule has 16 heavy (non-hydrogen) atoms. The van der Waals surface area contributed by atoms with E-state index < -0.39 is 0 Å². The number of aromatic nitrogens is 1. The van der Waals surface area contributed by atoms with E-state index in [0.717, 1.165) is 17.0 Å². The highest BCUT2D eigenvalue weighted by Crippen LogP contribution is 2.33. The Morgan fingerprint density at radius 3 is 2.38 bits per heavy atom. The van der Waals surface area contributed by atoms with Crippen molar-refractivity contribution in [1.82, 2.24) is 4.98 Å². The Morgan fingerprint density at radius 1 is 1.31 bits per heavy atom. The molecule has 1 radical (unpaired) electrons. The third kappa shape index (κ3) is 2.56. The monoisotopic (exact) mass is 217 g/mol. The van der Waals surface area contributed by atoms with E-state index in [-0.39, 0.29) is 11.8 Å². The van der Waals surface area contributed by atoms with Gasteiger partial charge < -0.3 is 0 Å². The topological polar surface area (TPSA) is 42.3 Å². The second-order valence-electron chi connectivity index (χ2n) is 4.45. The molecular formula is C13H17N2O. The van der Waals surface area contributed by atoms with Gasteiger partial charge >= 0.3 is 0 Å². The summed E-state index contributed by atoms with van der Waals surface area (Å²) in [7, 11) is 0. The molecule has 0 aromatic carbocycles. The van der Waals surface area contributed by atoms with Gasteiger partial charge in [0.05, 0.1) is 5.69 Å². The first-order valence-corrected chi connectivity index (χ1v) is 5.42. The summed E-state index contributed by atoms with van der Waals surface area (Å²) >= 11 is 0. The van der Waals surface area contributed by atoms with Crippen molar-refractivity contribution >= 4 is 11.8 Å². The molecule has 85 valence electrons. The fraction of sp³-hybridized carbons (Fsp3) is 0.462. The Balaban J connectivity index is 3.53. The average Bonchev–Trinajstić information content (AvgIpc) is 2.19. The maximum absolute atomic E-state index is 10.5. The van der Waals surface area contributed by atoms with Gasteiger partial charge in [-0.1, -0.05) is 27.7 Å². The van der Waals surface area contributed by atoms with Crippen LogP contribution in [-0.4, -0.2) is 11.1 Å². The zero-order chi connectivity index (χ0) is 12.3. The minimum Gasteiger partial charge on any atom is -0.255 e. The lowest BCUT2D eigenvalue weighted by Crippen LogP contribution is -2.01. The number of hydrogen-bond acceptors (Lipinski definition) is 3. The Bertz CT molecular complexity index is 401. The first-order valence-electron chi connectivity index (χ1n) is 5.42. The number of rotatable bonds is 3. The Morgan fingerprint density at radius 2 is 1.94 bits per heavy atom. The van der Waals surface area contributed by atoms with Gasteiger partial charge in [0.1, 0.15) is 5.69 Å². The summed E-state index contributed by atoms with van der Waals surface area (Å²) in [5.41, 5.74) is 3.20. The van der Waals surface area contributed by atoms with Gasteiger partial charge in [0, 0.05) is 5.69 Å². The summed E-state index contributed by atoms with van der Waals surface area (Å²) in [5, 5.41) is 0. The van der Waals surface area contributed by atoms with Crippen LogP contribution in [0.1, 0.15) is 56.5 Å². The molecule has 0 aliphatic rings.